The molecule has 4 nitrogen and oxygen atoms in total. The maximum atomic E-state index is 11.2. The molecule has 4 heteroatoms. The molecule has 0 amide bonds. The fourth-order valence-electron chi connectivity index (χ4n) is 9.81. The van der Waals surface area contributed by atoms with Gasteiger partial charge in [-0.05, 0) is 90.3 Å². The van der Waals surface area contributed by atoms with E-state index in [1.807, 2.05) is 20.8 Å². The highest BCUT2D eigenvalue weighted by Crippen LogP contribution is 2.75. The predicted octanol–water partition coefficient (Wildman–Crippen LogP) is 5.72. The fourth-order valence-corrected chi connectivity index (χ4v) is 9.81. The summed E-state index contributed by atoms with van der Waals surface area (Å²) in [5.41, 5.74) is 1.40. The summed E-state index contributed by atoms with van der Waals surface area (Å²) in [5, 5.41) is 43.6. The number of aliphatic hydroxyl groups is 4. The molecular formula is C31H54O4. The quantitative estimate of drug-likeness (QED) is 0.380. The smallest absolute Gasteiger partial charge is 0.106 e. The number of aliphatic hydroxyl groups excluding tert-OH is 4. The Kier molecular flexibility index (Phi) is 6.74. The van der Waals surface area contributed by atoms with Crippen LogP contribution in [-0.2, 0) is 0 Å². The molecule has 3 fully saturated rings. The first-order valence-electron chi connectivity index (χ1n) is 14.4. The summed E-state index contributed by atoms with van der Waals surface area (Å²) in [6, 6.07) is 0. The maximum absolute atomic E-state index is 11.2. The highest BCUT2D eigenvalue weighted by atomic mass is 16.4. The molecule has 0 spiro atoms. The lowest BCUT2D eigenvalue weighted by Gasteiger charge is -2.66. The highest BCUT2D eigenvalue weighted by molar-refractivity contribution is 5.30. The summed E-state index contributed by atoms with van der Waals surface area (Å²) in [6.45, 7) is 19.8. The molecular weight excluding hydrogens is 436 g/mol. The van der Waals surface area contributed by atoms with Gasteiger partial charge in [0, 0.05) is 5.41 Å². The molecule has 0 saturated heterocycles. The van der Waals surface area contributed by atoms with E-state index in [1.54, 1.807) is 0 Å². The van der Waals surface area contributed by atoms with Crippen molar-refractivity contribution in [3.63, 3.8) is 0 Å². The van der Waals surface area contributed by atoms with Gasteiger partial charge in [0.1, 0.15) is 6.10 Å². The summed E-state index contributed by atoms with van der Waals surface area (Å²) in [7, 11) is 0. The molecule has 11 atom stereocenters. The van der Waals surface area contributed by atoms with Gasteiger partial charge >= 0.3 is 0 Å². The molecule has 0 aliphatic heterocycles. The number of rotatable bonds is 4. The molecule has 0 aromatic carbocycles. The molecule has 202 valence electrons. The van der Waals surface area contributed by atoms with Crippen molar-refractivity contribution in [1.29, 1.82) is 0 Å². The molecule has 0 heterocycles. The van der Waals surface area contributed by atoms with Gasteiger partial charge in [-0.25, -0.2) is 0 Å². The topological polar surface area (TPSA) is 80.9 Å². The standard InChI is InChI=1S/C31H54O4/c1-18(24(33)25(34)26(35)27(2,3)4)19-14-15-31(9)22-12-10-20-21(11-13-23(32)28(20,5)6)29(22,7)16-17-30(19,31)8/h10,18-19,21-26,32-35H,11-17H2,1-9H3/t18-,19+,21?,22?,23-,24-,25+,26+,29-,30+,31-/m0/s1. The first kappa shape index (κ1) is 27.6. The minimum Gasteiger partial charge on any atom is -0.392 e. The molecule has 35 heavy (non-hydrogen) atoms. The third-order valence-electron chi connectivity index (χ3n) is 12.6. The van der Waals surface area contributed by atoms with E-state index in [0.29, 0.717) is 17.8 Å². The van der Waals surface area contributed by atoms with Crippen molar-refractivity contribution < 1.29 is 20.4 Å². The van der Waals surface area contributed by atoms with E-state index in [-0.39, 0.29) is 33.7 Å². The summed E-state index contributed by atoms with van der Waals surface area (Å²) in [6.07, 6.45) is 6.86. The largest absolute Gasteiger partial charge is 0.392 e. The van der Waals surface area contributed by atoms with Crippen LogP contribution in [0.5, 0.6) is 0 Å². The summed E-state index contributed by atoms with van der Waals surface area (Å²) in [4.78, 5) is 0. The van der Waals surface area contributed by atoms with Crippen LogP contribution >= 0.6 is 0 Å². The van der Waals surface area contributed by atoms with Crippen LogP contribution in [0.2, 0.25) is 0 Å². The van der Waals surface area contributed by atoms with Gasteiger partial charge in [0.25, 0.3) is 0 Å². The van der Waals surface area contributed by atoms with Crippen molar-refractivity contribution >= 4 is 0 Å². The van der Waals surface area contributed by atoms with E-state index in [2.05, 4.69) is 47.6 Å². The zero-order valence-electron chi connectivity index (χ0n) is 23.9. The van der Waals surface area contributed by atoms with Crippen LogP contribution in [0.25, 0.3) is 0 Å². The Hall–Kier alpha value is -0.420. The van der Waals surface area contributed by atoms with Crippen molar-refractivity contribution in [3.8, 4) is 0 Å². The summed E-state index contributed by atoms with van der Waals surface area (Å²) < 4.78 is 0. The van der Waals surface area contributed by atoms with Crippen LogP contribution in [0, 0.1) is 50.7 Å². The Labute approximate surface area is 214 Å². The third-order valence-corrected chi connectivity index (χ3v) is 12.6. The molecule has 0 aromatic heterocycles. The number of hydrogen-bond donors (Lipinski definition) is 4. The maximum Gasteiger partial charge on any atom is 0.106 e. The average molecular weight is 491 g/mol. The van der Waals surface area contributed by atoms with E-state index >= 15 is 0 Å². The van der Waals surface area contributed by atoms with Gasteiger partial charge in [0.2, 0.25) is 0 Å². The second-order valence-corrected chi connectivity index (χ2v) is 15.5. The van der Waals surface area contributed by atoms with Crippen LogP contribution in [0.4, 0.5) is 0 Å². The minimum absolute atomic E-state index is 0.0726. The Bertz CT molecular complexity index is 841. The first-order chi connectivity index (χ1) is 15.9. The monoisotopic (exact) mass is 490 g/mol. The van der Waals surface area contributed by atoms with Crippen LogP contribution in [0.15, 0.2) is 11.6 Å². The SMILES string of the molecule is C[C@H]([C@H](O)[C@@H](O)[C@@H](O)C(C)(C)C)[C@H]1CC[C@@]2(C)C3CC=C4C(CC[C@H](O)C4(C)C)[C@]3(C)CC[C@]12C. The van der Waals surface area contributed by atoms with E-state index in [4.69, 9.17) is 0 Å². The van der Waals surface area contributed by atoms with Crippen LogP contribution in [0.3, 0.4) is 0 Å². The average Bonchev–Trinajstić information content (AvgIpc) is 3.05. The second-order valence-electron chi connectivity index (χ2n) is 15.5. The van der Waals surface area contributed by atoms with Gasteiger partial charge < -0.3 is 20.4 Å². The van der Waals surface area contributed by atoms with E-state index in [1.165, 1.54) is 12.0 Å². The van der Waals surface area contributed by atoms with Gasteiger partial charge in [-0.3, -0.25) is 0 Å². The van der Waals surface area contributed by atoms with Crippen molar-refractivity contribution in [1.82, 2.24) is 0 Å². The number of allylic oxidation sites excluding steroid dienone is 1. The van der Waals surface area contributed by atoms with Gasteiger partial charge in [0.05, 0.1) is 18.3 Å². The zero-order valence-corrected chi connectivity index (χ0v) is 23.9. The van der Waals surface area contributed by atoms with Gasteiger partial charge in [-0.1, -0.05) is 74.0 Å². The Morgan fingerprint density at radius 2 is 1.49 bits per heavy atom. The Balaban J connectivity index is 1.63. The van der Waals surface area contributed by atoms with E-state index < -0.39 is 23.7 Å². The molecule has 4 rings (SSSR count). The number of hydrogen-bond acceptors (Lipinski definition) is 4. The molecule has 3 saturated carbocycles. The Morgan fingerprint density at radius 1 is 0.857 bits per heavy atom. The first-order valence-corrected chi connectivity index (χ1v) is 14.4. The lowest BCUT2D eigenvalue weighted by Crippen LogP contribution is -2.59. The van der Waals surface area contributed by atoms with Crippen molar-refractivity contribution in [2.45, 2.75) is 132 Å². The van der Waals surface area contributed by atoms with Crippen molar-refractivity contribution in [2.24, 2.45) is 50.7 Å². The van der Waals surface area contributed by atoms with E-state index in [9.17, 15) is 20.4 Å². The van der Waals surface area contributed by atoms with Gasteiger partial charge in [0.15, 0.2) is 0 Å². The Morgan fingerprint density at radius 3 is 2.09 bits per heavy atom. The molecule has 0 bridgehead atoms. The highest BCUT2D eigenvalue weighted by Gasteiger charge is 2.67. The number of fused-ring (bicyclic) bond motifs is 5. The van der Waals surface area contributed by atoms with Crippen LogP contribution in [0.1, 0.15) is 107 Å². The van der Waals surface area contributed by atoms with E-state index in [0.717, 1.165) is 38.5 Å². The second kappa shape index (κ2) is 8.55. The van der Waals surface area contributed by atoms with Gasteiger partial charge in [-0.15, -0.1) is 0 Å². The lowest BCUT2D eigenvalue weighted by atomic mass is 9.39. The fraction of sp³-hybridized carbons (Fsp3) is 0.935. The third kappa shape index (κ3) is 3.82. The zero-order chi connectivity index (χ0) is 26.4. The van der Waals surface area contributed by atoms with Crippen molar-refractivity contribution in [2.75, 3.05) is 0 Å². The van der Waals surface area contributed by atoms with Gasteiger partial charge in [-0.2, -0.15) is 0 Å². The summed E-state index contributed by atoms with van der Waals surface area (Å²) in [5.74, 6) is 1.39. The minimum atomic E-state index is -1.13. The van der Waals surface area contributed by atoms with Crippen molar-refractivity contribution in [3.05, 3.63) is 11.6 Å². The molecule has 2 unspecified atom stereocenters. The normalized spacial score (nSPS) is 46.5. The molecule has 4 N–H and O–H groups in total. The van der Waals surface area contributed by atoms with Crippen LogP contribution in [-0.4, -0.2) is 44.8 Å². The summed E-state index contributed by atoms with van der Waals surface area (Å²) >= 11 is 0. The molecule has 0 aromatic rings. The molecule has 0 radical (unpaired) electrons. The lowest BCUT2D eigenvalue weighted by molar-refractivity contribution is -0.162. The molecule has 4 aliphatic carbocycles. The predicted molar refractivity (Wildman–Crippen MR) is 142 cm³/mol. The van der Waals surface area contributed by atoms with Crippen LogP contribution < -0.4 is 0 Å². The molecule has 4 aliphatic rings.